The lowest BCUT2D eigenvalue weighted by Gasteiger charge is -2.42. The molecule has 3 fully saturated rings. The molecule has 3 unspecified atom stereocenters. The second-order valence-electron chi connectivity index (χ2n) is 9.95. The van der Waals surface area contributed by atoms with Gasteiger partial charge in [0, 0.05) is 50.8 Å². The summed E-state index contributed by atoms with van der Waals surface area (Å²) in [6, 6.07) is 6.53. The lowest BCUT2D eigenvalue weighted by atomic mass is 9.65. The number of nitriles is 1. The zero-order valence-electron chi connectivity index (χ0n) is 18.3. The van der Waals surface area contributed by atoms with Crippen molar-refractivity contribution < 1.29 is 9.13 Å². The number of alkyl halides is 1. The Hall–Kier alpha value is -2.46. The number of nitrogens with one attached hydrogen (secondary N) is 1. The minimum Gasteiger partial charge on any atom is -0.381 e. The van der Waals surface area contributed by atoms with E-state index in [9.17, 15) is 9.65 Å². The fourth-order valence-corrected chi connectivity index (χ4v) is 5.53. The first kappa shape index (κ1) is 20.4. The van der Waals surface area contributed by atoms with Crippen LogP contribution in [0.3, 0.4) is 0 Å². The van der Waals surface area contributed by atoms with Crippen molar-refractivity contribution in [1.82, 2.24) is 4.98 Å². The number of nitrogens with zero attached hydrogens (tertiary/aromatic N) is 4. The average molecular weight is 424 g/mol. The van der Waals surface area contributed by atoms with Crippen molar-refractivity contribution in [2.45, 2.75) is 50.6 Å². The van der Waals surface area contributed by atoms with Gasteiger partial charge in [-0.2, -0.15) is 5.26 Å². The van der Waals surface area contributed by atoms with Crippen LogP contribution in [0.2, 0.25) is 0 Å². The van der Waals surface area contributed by atoms with Crippen molar-refractivity contribution in [1.29, 1.82) is 5.26 Å². The van der Waals surface area contributed by atoms with Gasteiger partial charge in [0.05, 0.1) is 6.07 Å². The maximum atomic E-state index is 14.6. The average Bonchev–Trinajstić information content (AvgIpc) is 3.13. The normalized spacial score (nSPS) is 31.7. The summed E-state index contributed by atoms with van der Waals surface area (Å²) < 4.78 is 20.2. The van der Waals surface area contributed by atoms with Crippen LogP contribution in [-0.4, -0.2) is 49.3 Å². The summed E-state index contributed by atoms with van der Waals surface area (Å²) in [5, 5.41) is 12.6. The van der Waals surface area contributed by atoms with Crippen molar-refractivity contribution in [2.75, 3.05) is 43.1 Å². The number of rotatable bonds is 3. The molecule has 3 aliphatic heterocycles. The quantitative estimate of drug-likeness (QED) is 0.796. The number of hydrogen-bond donors (Lipinski definition) is 1. The molecular formula is C24H30FN5O. The Balaban J connectivity index is 1.47. The molecule has 6 nitrogen and oxygen atoms in total. The molecule has 1 aromatic rings. The molecule has 0 bridgehead atoms. The zero-order chi connectivity index (χ0) is 21.6. The summed E-state index contributed by atoms with van der Waals surface area (Å²) in [5.41, 5.74) is 0.914. The van der Waals surface area contributed by atoms with E-state index < -0.39 is 5.67 Å². The summed E-state index contributed by atoms with van der Waals surface area (Å²) in [7, 11) is 0. The van der Waals surface area contributed by atoms with Gasteiger partial charge < -0.3 is 15.0 Å². The number of pyridine rings is 1. The Morgan fingerprint density at radius 1 is 1.26 bits per heavy atom. The molecule has 7 heteroatoms. The maximum Gasteiger partial charge on any atom is 0.134 e. The van der Waals surface area contributed by atoms with E-state index in [2.05, 4.69) is 40.3 Å². The lowest BCUT2D eigenvalue weighted by molar-refractivity contribution is -0.0277. The predicted molar refractivity (Wildman–Crippen MR) is 119 cm³/mol. The number of dihydropyridines is 1. The van der Waals surface area contributed by atoms with Gasteiger partial charge in [-0.15, -0.1) is 0 Å². The number of aliphatic imine (C=N–C) groups is 1. The Morgan fingerprint density at radius 3 is 2.77 bits per heavy atom. The van der Waals surface area contributed by atoms with Gasteiger partial charge in [0.15, 0.2) is 0 Å². The Kier molecular flexibility index (Phi) is 5.01. The fraction of sp³-hybridized carbons (Fsp3) is 0.625. The monoisotopic (exact) mass is 423 g/mol. The van der Waals surface area contributed by atoms with Crippen LogP contribution < -0.4 is 10.2 Å². The Morgan fingerprint density at radius 2 is 2.06 bits per heavy atom. The molecule has 3 atom stereocenters. The summed E-state index contributed by atoms with van der Waals surface area (Å²) in [6.07, 6.45) is 5.05. The van der Waals surface area contributed by atoms with Crippen molar-refractivity contribution in [2.24, 2.45) is 16.8 Å². The van der Waals surface area contributed by atoms with Crippen LogP contribution >= 0.6 is 0 Å². The molecule has 1 N–H and O–H groups in total. The van der Waals surface area contributed by atoms with Crippen LogP contribution in [-0.2, 0) is 10.2 Å². The third-order valence-corrected chi connectivity index (χ3v) is 7.68. The van der Waals surface area contributed by atoms with Gasteiger partial charge in [0.25, 0.3) is 0 Å². The number of fused-ring (bicyclic) bond motifs is 1. The smallest absolute Gasteiger partial charge is 0.134 e. The molecule has 31 heavy (non-hydrogen) atoms. The molecule has 5 rings (SSSR count). The standard InChI is InChI=1S/C24H30FN5O/c1-23(4-7-31-8-5-23)18-10-21(28-20-9-16(13-26)3-6-27-20)29-22(11-18)30-14-17-12-24(2,25)19(17)15-30/h9-11,17,19H,3-8,12,14-15H2,1-2H3,(H,27,28,29). The highest BCUT2D eigenvalue weighted by molar-refractivity contribution is 6.04. The first-order chi connectivity index (χ1) is 14.9. The number of hydrogen-bond acceptors (Lipinski definition) is 6. The van der Waals surface area contributed by atoms with Crippen LogP contribution in [0.25, 0.3) is 0 Å². The van der Waals surface area contributed by atoms with Crippen molar-refractivity contribution >= 4 is 17.5 Å². The molecule has 4 aliphatic rings. The van der Waals surface area contributed by atoms with Crippen LogP contribution in [0.5, 0.6) is 0 Å². The first-order valence-electron chi connectivity index (χ1n) is 11.3. The van der Waals surface area contributed by atoms with E-state index in [-0.39, 0.29) is 11.3 Å². The zero-order valence-corrected chi connectivity index (χ0v) is 18.3. The number of ether oxygens (including phenoxy) is 1. The number of aromatic nitrogens is 1. The Labute approximate surface area is 183 Å². The van der Waals surface area contributed by atoms with Crippen LogP contribution in [0.4, 0.5) is 16.0 Å². The van der Waals surface area contributed by atoms with Crippen molar-refractivity contribution in [3.8, 4) is 6.07 Å². The van der Waals surface area contributed by atoms with Gasteiger partial charge in [0.1, 0.15) is 23.1 Å². The second-order valence-corrected chi connectivity index (χ2v) is 9.95. The minimum atomic E-state index is -1.06. The van der Waals surface area contributed by atoms with Gasteiger partial charge in [-0.25, -0.2) is 9.37 Å². The topological polar surface area (TPSA) is 73.5 Å². The third kappa shape index (κ3) is 3.82. The van der Waals surface area contributed by atoms with Gasteiger partial charge in [-0.05, 0) is 61.3 Å². The van der Waals surface area contributed by atoms with E-state index >= 15 is 0 Å². The molecule has 0 radical (unpaired) electrons. The third-order valence-electron chi connectivity index (χ3n) is 7.68. The van der Waals surface area contributed by atoms with Gasteiger partial charge in [-0.1, -0.05) is 6.92 Å². The molecule has 0 spiro atoms. The van der Waals surface area contributed by atoms with E-state index in [1.807, 2.05) is 0 Å². The highest BCUT2D eigenvalue weighted by Gasteiger charge is 2.55. The molecule has 0 amide bonds. The van der Waals surface area contributed by atoms with Crippen molar-refractivity contribution in [3.63, 3.8) is 0 Å². The van der Waals surface area contributed by atoms with E-state index in [1.165, 1.54) is 5.56 Å². The molecule has 2 saturated heterocycles. The fourth-order valence-electron chi connectivity index (χ4n) is 5.53. The Bertz CT molecular complexity index is 973. The number of amidine groups is 1. The molecule has 4 heterocycles. The number of halogens is 1. The van der Waals surface area contributed by atoms with Crippen molar-refractivity contribution in [3.05, 3.63) is 29.3 Å². The van der Waals surface area contributed by atoms with Gasteiger partial charge >= 0.3 is 0 Å². The molecule has 1 aliphatic carbocycles. The highest BCUT2D eigenvalue weighted by Crippen LogP contribution is 2.51. The van der Waals surface area contributed by atoms with E-state index in [1.54, 1.807) is 13.0 Å². The van der Waals surface area contributed by atoms with E-state index in [0.717, 1.165) is 49.8 Å². The summed E-state index contributed by atoms with van der Waals surface area (Å²) in [5.74, 6) is 2.82. The predicted octanol–water partition coefficient (Wildman–Crippen LogP) is 4.00. The summed E-state index contributed by atoms with van der Waals surface area (Å²) >= 11 is 0. The van der Waals surface area contributed by atoms with Crippen LogP contribution in [0.15, 0.2) is 28.8 Å². The minimum absolute atomic E-state index is 0.0156. The SMILES string of the molecule is CC1(c2cc(NC3=NCCC(C#N)=C3)nc(N3CC4CC(C)(F)C4C3)c2)CCOCC1. The van der Waals surface area contributed by atoms with E-state index in [4.69, 9.17) is 9.72 Å². The summed E-state index contributed by atoms with van der Waals surface area (Å²) in [6.45, 7) is 7.71. The molecule has 164 valence electrons. The molecule has 0 aromatic carbocycles. The van der Waals surface area contributed by atoms with Crippen LogP contribution in [0, 0.1) is 23.2 Å². The maximum absolute atomic E-state index is 14.6. The number of anilines is 2. The molecule has 1 saturated carbocycles. The molecule has 1 aromatic heterocycles. The highest BCUT2D eigenvalue weighted by atomic mass is 19.1. The summed E-state index contributed by atoms with van der Waals surface area (Å²) in [4.78, 5) is 11.7. The van der Waals surface area contributed by atoms with Gasteiger partial charge in [0.2, 0.25) is 0 Å². The first-order valence-corrected chi connectivity index (χ1v) is 11.3. The van der Waals surface area contributed by atoms with E-state index in [0.29, 0.717) is 37.7 Å². The lowest BCUT2D eigenvalue weighted by Crippen LogP contribution is -2.47. The largest absolute Gasteiger partial charge is 0.381 e. The molecular weight excluding hydrogens is 393 g/mol. The van der Waals surface area contributed by atoms with Gasteiger partial charge in [-0.3, -0.25) is 4.99 Å². The van der Waals surface area contributed by atoms with Crippen LogP contribution in [0.1, 0.15) is 45.1 Å². The second kappa shape index (κ2) is 7.59.